The molecular formula is C32H37FN4O. The molecule has 2 fully saturated rings. The van der Waals surface area contributed by atoms with Gasteiger partial charge in [-0.1, -0.05) is 51.0 Å². The molecule has 1 aromatic heterocycles. The Bertz CT molecular complexity index is 1320. The number of benzene rings is 2. The summed E-state index contributed by atoms with van der Waals surface area (Å²) < 4.78 is 17.2. The number of nitriles is 1. The molecule has 1 saturated carbocycles. The van der Waals surface area contributed by atoms with Crippen molar-refractivity contribution in [1.29, 1.82) is 5.26 Å². The van der Waals surface area contributed by atoms with E-state index in [0.29, 0.717) is 22.6 Å². The highest BCUT2D eigenvalue weighted by Gasteiger charge is 2.26. The van der Waals surface area contributed by atoms with E-state index >= 15 is 4.39 Å². The van der Waals surface area contributed by atoms with Crippen LogP contribution in [0, 0.1) is 30.0 Å². The molecule has 198 valence electrons. The molecule has 38 heavy (non-hydrogen) atoms. The van der Waals surface area contributed by atoms with Gasteiger partial charge in [-0.15, -0.1) is 0 Å². The van der Waals surface area contributed by atoms with Crippen LogP contribution in [0.3, 0.4) is 0 Å². The number of carbonyl (C=O) groups is 1. The summed E-state index contributed by atoms with van der Waals surface area (Å²) in [5, 5.41) is 14.1. The van der Waals surface area contributed by atoms with Crippen LogP contribution in [0.5, 0.6) is 0 Å². The van der Waals surface area contributed by atoms with E-state index in [-0.39, 0.29) is 17.5 Å². The van der Waals surface area contributed by atoms with Crippen LogP contribution in [0.15, 0.2) is 42.5 Å². The third kappa shape index (κ3) is 5.67. The number of aromatic nitrogens is 2. The lowest BCUT2D eigenvalue weighted by atomic mass is 9.88. The summed E-state index contributed by atoms with van der Waals surface area (Å²) >= 11 is 0. The van der Waals surface area contributed by atoms with Gasteiger partial charge in [0.15, 0.2) is 11.6 Å². The largest absolute Gasteiger partial charge is 0.371 e. The summed E-state index contributed by atoms with van der Waals surface area (Å²) in [5.41, 5.74) is 4.50. The molecular weight excluding hydrogens is 475 g/mol. The summed E-state index contributed by atoms with van der Waals surface area (Å²) in [4.78, 5) is 16.0. The smallest absolute Gasteiger partial charge is 0.186 e. The Balaban J connectivity index is 1.53. The Labute approximate surface area is 225 Å². The van der Waals surface area contributed by atoms with Crippen LogP contribution in [0.1, 0.15) is 92.2 Å². The lowest BCUT2D eigenvalue weighted by Crippen LogP contribution is -2.18. The average molecular weight is 513 g/mol. The van der Waals surface area contributed by atoms with E-state index in [4.69, 9.17) is 5.10 Å². The van der Waals surface area contributed by atoms with Crippen molar-refractivity contribution in [2.24, 2.45) is 5.92 Å². The van der Waals surface area contributed by atoms with Crippen LogP contribution >= 0.6 is 0 Å². The molecule has 1 saturated heterocycles. The van der Waals surface area contributed by atoms with Crippen LogP contribution < -0.4 is 4.90 Å². The Morgan fingerprint density at radius 3 is 2.24 bits per heavy atom. The highest BCUT2D eigenvalue weighted by Crippen LogP contribution is 2.32. The van der Waals surface area contributed by atoms with Gasteiger partial charge in [-0.2, -0.15) is 10.4 Å². The van der Waals surface area contributed by atoms with Crippen LogP contribution in [-0.4, -0.2) is 28.7 Å². The lowest BCUT2D eigenvalue weighted by molar-refractivity contribution is 0.0895. The Morgan fingerprint density at radius 2 is 1.61 bits per heavy atom. The number of ketones is 1. The minimum absolute atomic E-state index is 0.0469. The van der Waals surface area contributed by atoms with E-state index in [1.54, 1.807) is 22.9 Å². The van der Waals surface area contributed by atoms with Crippen LogP contribution in [0.4, 0.5) is 10.1 Å². The summed E-state index contributed by atoms with van der Waals surface area (Å²) in [6, 6.07) is 14.9. The minimum Gasteiger partial charge on any atom is -0.371 e. The molecule has 0 N–H and O–H groups in total. The second-order valence-corrected chi connectivity index (χ2v) is 10.9. The fourth-order valence-corrected chi connectivity index (χ4v) is 5.96. The zero-order chi connectivity index (χ0) is 26.5. The highest BCUT2D eigenvalue weighted by atomic mass is 19.1. The summed E-state index contributed by atoms with van der Waals surface area (Å²) in [6.45, 7) is 3.77. The van der Waals surface area contributed by atoms with Gasteiger partial charge < -0.3 is 4.90 Å². The Morgan fingerprint density at radius 1 is 0.921 bits per heavy atom. The van der Waals surface area contributed by atoms with Gasteiger partial charge in [0.25, 0.3) is 0 Å². The van der Waals surface area contributed by atoms with Crippen LogP contribution in [0.2, 0.25) is 0 Å². The molecule has 2 heterocycles. The topological polar surface area (TPSA) is 61.9 Å². The molecule has 1 aliphatic carbocycles. The average Bonchev–Trinajstić information content (AvgIpc) is 3.62. The second-order valence-electron chi connectivity index (χ2n) is 10.9. The maximum atomic E-state index is 15.6. The van der Waals surface area contributed by atoms with Gasteiger partial charge in [0.1, 0.15) is 11.4 Å². The summed E-state index contributed by atoms with van der Waals surface area (Å²) in [6.07, 6.45) is 12.2. The van der Waals surface area contributed by atoms with Crippen molar-refractivity contribution in [3.63, 3.8) is 0 Å². The van der Waals surface area contributed by atoms with Gasteiger partial charge in [-0.3, -0.25) is 4.79 Å². The van der Waals surface area contributed by atoms with Gasteiger partial charge in [-0.25, -0.2) is 9.07 Å². The number of Topliss-reactive ketones (excluding diaryl/α,β-unsaturated/α-hetero) is 1. The highest BCUT2D eigenvalue weighted by molar-refractivity contribution is 5.97. The van der Waals surface area contributed by atoms with Crippen molar-refractivity contribution in [2.75, 3.05) is 18.0 Å². The number of anilines is 1. The molecule has 1 aliphatic heterocycles. The number of aryl methyl sites for hydroxylation is 1. The first-order valence-electron chi connectivity index (χ1n) is 14.3. The van der Waals surface area contributed by atoms with Crippen molar-refractivity contribution >= 4 is 11.5 Å². The van der Waals surface area contributed by atoms with Gasteiger partial charge in [-0.05, 0) is 74.6 Å². The number of hydrogen-bond donors (Lipinski definition) is 0. The number of nitrogens with zero attached hydrogens (tertiary/aromatic N) is 4. The fraction of sp³-hybridized carbons (Fsp3) is 0.469. The summed E-state index contributed by atoms with van der Waals surface area (Å²) in [5.74, 6) is -0.346. The van der Waals surface area contributed by atoms with Gasteiger partial charge in [0.05, 0.1) is 17.3 Å². The molecule has 0 atom stereocenters. The van der Waals surface area contributed by atoms with Crippen LogP contribution in [-0.2, 0) is 0 Å². The van der Waals surface area contributed by atoms with E-state index < -0.39 is 0 Å². The van der Waals surface area contributed by atoms with Crippen molar-refractivity contribution < 1.29 is 9.18 Å². The number of carbonyl (C=O) groups excluding carboxylic acids is 1. The van der Waals surface area contributed by atoms with E-state index in [0.717, 1.165) is 68.4 Å². The van der Waals surface area contributed by atoms with Gasteiger partial charge in [0.2, 0.25) is 0 Å². The first-order chi connectivity index (χ1) is 18.5. The van der Waals surface area contributed by atoms with E-state index in [1.165, 1.54) is 32.1 Å². The monoisotopic (exact) mass is 512 g/mol. The van der Waals surface area contributed by atoms with Crippen molar-refractivity contribution in [1.82, 2.24) is 9.78 Å². The molecule has 5 rings (SSSR count). The maximum Gasteiger partial charge on any atom is 0.186 e. The molecule has 5 nitrogen and oxygen atoms in total. The van der Waals surface area contributed by atoms with Crippen LogP contribution in [0.25, 0.3) is 16.9 Å². The fourth-order valence-electron chi connectivity index (χ4n) is 5.96. The molecule has 0 bridgehead atoms. The van der Waals surface area contributed by atoms with E-state index in [2.05, 4.69) is 11.0 Å². The van der Waals surface area contributed by atoms with Crippen molar-refractivity contribution in [3.05, 3.63) is 65.1 Å². The molecule has 2 aliphatic rings. The molecule has 3 aromatic rings. The first kappa shape index (κ1) is 26.2. The molecule has 6 heteroatoms. The maximum absolute atomic E-state index is 15.6. The van der Waals surface area contributed by atoms with E-state index in [9.17, 15) is 10.1 Å². The number of hydrogen-bond acceptors (Lipinski definition) is 4. The second kappa shape index (κ2) is 11.9. The summed E-state index contributed by atoms with van der Waals surface area (Å²) in [7, 11) is 0. The first-order valence-corrected chi connectivity index (χ1v) is 14.3. The zero-order valence-corrected chi connectivity index (χ0v) is 22.4. The van der Waals surface area contributed by atoms with Crippen molar-refractivity contribution in [3.8, 4) is 23.0 Å². The predicted molar refractivity (Wildman–Crippen MR) is 149 cm³/mol. The molecule has 2 aromatic carbocycles. The van der Waals surface area contributed by atoms with Gasteiger partial charge >= 0.3 is 0 Å². The number of rotatable bonds is 5. The standard InChI is InChI=1S/C32H37FN4O/c1-23-19-25(13-14-26(23)22-34)31-21-29(32(38)24-11-7-5-3-2-4-6-8-12-24)35-37(31)30-16-15-27(20-28(30)33)36-17-9-10-18-36/h13-16,19-21,24H,2-12,17-18H2,1H3. The van der Waals surface area contributed by atoms with Gasteiger partial charge in [0, 0.05) is 30.3 Å². The molecule has 0 radical (unpaired) electrons. The predicted octanol–water partition coefficient (Wildman–Crippen LogP) is 7.78. The quantitative estimate of drug-likeness (QED) is 0.328. The van der Waals surface area contributed by atoms with E-state index in [1.807, 2.05) is 31.2 Å². The van der Waals surface area contributed by atoms with Crippen molar-refractivity contribution in [2.45, 2.75) is 77.6 Å². The lowest BCUT2D eigenvalue weighted by Gasteiger charge is -2.18. The normalized spacial score (nSPS) is 17.3. The number of halogens is 1. The molecule has 0 unspecified atom stereocenters. The SMILES string of the molecule is Cc1cc(-c2cc(C(=O)C3CCCCCCCCC3)nn2-c2ccc(N3CCCC3)cc2F)ccc1C#N. The zero-order valence-electron chi connectivity index (χ0n) is 22.4. The third-order valence-electron chi connectivity index (χ3n) is 8.21. The molecule has 0 spiro atoms. The minimum atomic E-state index is -0.359. The third-order valence-corrected chi connectivity index (χ3v) is 8.21. The Hall–Kier alpha value is -3.46. The molecule has 0 amide bonds. The Kier molecular flexibility index (Phi) is 8.22.